The lowest BCUT2D eigenvalue weighted by Crippen LogP contribution is -2.37. The highest BCUT2D eigenvalue weighted by Gasteiger charge is 2.18. The van der Waals surface area contributed by atoms with E-state index in [4.69, 9.17) is 11.6 Å². The summed E-state index contributed by atoms with van der Waals surface area (Å²) in [6.07, 6.45) is 2.40. The topological polar surface area (TPSA) is 58.4 Å². The van der Waals surface area contributed by atoms with Crippen molar-refractivity contribution in [1.82, 2.24) is 10.2 Å². The third-order valence-electron chi connectivity index (χ3n) is 4.15. The van der Waals surface area contributed by atoms with Crippen LogP contribution in [0.25, 0.3) is 0 Å². The Bertz CT molecular complexity index is 488. The minimum atomic E-state index is -0.372. The van der Waals surface area contributed by atoms with E-state index in [1.165, 1.54) is 18.9 Å². The highest BCUT2D eigenvalue weighted by molar-refractivity contribution is 6.30. The van der Waals surface area contributed by atoms with E-state index in [9.17, 15) is 10.1 Å². The van der Waals surface area contributed by atoms with Gasteiger partial charge in [-0.3, -0.25) is 10.1 Å². The molecular weight excluding hydrogens is 290 g/mol. The van der Waals surface area contributed by atoms with Gasteiger partial charge in [0.05, 0.1) is 4.92 Å². The molecule has 0 atom stereocenters. The Kier molecular flexibility index (Phi) is 5.96. The number of hydrogen-bond donors (Lipinski definition) is 1. The number of rotatable bonds is 6. The van der Waals surface area contributed by atoms with Crippen molar-refractivity contribution in [2.24, 2.45) is 5.92 Å². The summed E-state index contributed by atoms with van der Waals surface area (Å²) >= 11 is 5.81. The fourth-order valence-corrected chi connectivity index (χ4v) is 2.94. The van der Waals surface area contributed by atoms with Gasteiger partial charge in [-0.1, -0.05) is 18.5 Å². The molecule has 1 aliphatic heterocycles. The van der Waals surface area contributed by atoms with Crippen molar-refractivity contribution < 1.29 is 4.92 Å². The molecule has 0 radical (unpaired) electrons. The lowest BCUT2D eigenvalue weighted by molar-refractivity contribution is -0.385. The Morgan fingerprint density at radius 2 is 2.14 bits per heavy atom. The minimum Gasteiger partial charge on any atom is -0.312 e. The van der Waals surface area contributed by atoms with E-state index in [1.54, 1.807) is 12.1 Å². The summed E-state index contributed by atoms with van der Waals surface area (Å²) in [5.41, 5.74) is 0.784. The molecular formula is C15H22ClN3O2. The summed E-state index contributed by atoms with van der Waals surface area (Å²) in [6.45, 7) is 7.06. The van der Waals surface area contributed by atoms with Gasteiger partial charge in [0.1, 0.15) is 0 Å². The predicted octanol–water partition coefficient (Wildman–Crippen LogP) is 3.07. The van der Waals surface area contributed by atoms with E-state index in [2.05, 4.69) is 17.1 Å². The Labute approximate surface area is 130 Å². The van der Waals surface area contributed by atoms with E-state index in [0.717, 1.165) is 26.2 Å². The molecule has 0 spiro atoms. The van der Waals surface area contributed by atoms with Crippen LogP contribution in [0.2, 0.25) is 5.02 Å². The van der Waals surface area contributed by atoms with E-state index in [1.807, 2.05) is 0 Å². The Morgan fingerprint density at radius 1 is 1.43 bits per heavy atom. The SMILES string of the molecule is CCN1CCC(CNCc2ccc(Cl)cc2[N+](=O)[O-])CC1. The van der Waals surface area contributed by atoms with Crippen LogP contribution >= 0.6 is 11.6 Å². The minimum absolute atomic E-state index is 0.0933. The molecule has 0 amide bonds. The first-order valence-electron chi connectivity index (χ1n) is 7.46. The van der Waals surface area contributed by atoms with Crippen molar-refractivity contribution in [1.29, 1.82) is 0 Å². The van der Waals surface area contributed by atoms with Crippen LogP contribution < -0.4 is 5.32 Å². The van der Waals surface area contributed by atoms with E-state index >= 15 is 0 Å². The monoisotopic (exact) mass is 311 g/mol. The van der Waals surface area contributed by atoms with Crippen LogP contribution in [0, 0.1) is 16.0 Å². The third-order valence-corrected chi connectivity index (χ3v) is 4.38. The van der Waals surface area contributed by atoms with Crippen molar-refractivity contribution in [3.63, 3.8) is 0 Å². The van der Waals surface area contributed by atoms with Gasteiger partial charge in [0, 0.05) is 23.2 Å². The summed E-state index contributed by atoms with van der Waals surface area (Å²) in [6, 6.07) is 4.84. The van der Waals surface area contributed by atoms with Gasteiger partial charge in [-0.05, 0) is 57.1 Å². The highest BCUT2D eigenvalue weighted by Crippen LogP contribution is 2.23. The molecule has 0 bridgehead atoms. The molecule has 1 aliphatic rings. The van der Waals surface area contributed by atoms with Gasteiger partial charge in [0.15, 0.2) is 0 Å². The molecule has 6 heteroatoms. The maximum absolute atomic E-state index is 11.0. The number of halogens is 1. The lowest BCUT2D eigenvalue weighted by atomic mass is 9.97. The van der Waals surface area contributed by atoms with Crippen LogP contribution in [-0.4, -0.2) is 36.0 Å². The number of nitrogens with zero attached hydrogens (tertiary/aromatic N) is 2. The molecule has 0 saturated carbocycles. The first kappa shape index (κ1) is 16.2. The van der Waals surface area contributed by atoms with Crippen LogP contribution in [-0.2, 0) is 6.54 Å². The Morgan fingerprint density at radius 3 is 2.76 bits per heavy atom. The smallest absolute Gasteiger partial charge is 0.275 e. The Hall–Kier alpha value is -1.17. The van der Waals surface area contributed by atoms with E-state index < -0.39 is 0 Å². The van der Waals surface area contributed by atoms with Gasteiger partial charge in [0.25, 0.3) is 5.69 Å². The fraction of sp³-hybridized carbons (Fsp3) is 0.600. The molecule has 116 valence electrons. The molecule has 1 heterocycles. The number of likely N-dealkylation sites (tertiary alicyclic amines) is 1. The van der Waals surface area contributed by atoms with Gasteiger partial charge in [-0.25, -0.2) is 0 Å². The van der Waals surface area contributed by atoms with Gasteiger partial charge in [-0.15, -0.1) is 0 Å². The lowest BCUT2D eigenvalue weighted by Gasteiger charge is -2.31. The van der Waals surface area contributed by atoms with Crippen molar-refractivity contribution >= 4 is 17.3 Å². The maximum atomic E-state index is 11.0. The zero-order chi connectivity index (χ0) is 15.2. The van der Waals surface area contributed by atoms with Crippen molar-refractivity contribution in [2.75, 3.05) is 26.2 Å². The first-order valence-corrected chi connectivity index (χ1v) is 7.83. The molecule has 1 aromatic rings. The third kappa shape index (κ3) is 4.66. The summed E-state index contributed by atoms with van der Waals surface area (Å²) in [4.78, 5) is 13.1. The number of piperidine rings is 1. The molecule has 5 nitrogen and oxygen atoms in total. The average Bonchev–Trinajstić information content (AvgIpc) is 2.49. The summed E-state index contributed by atoms with van der Waals surface area (Å²) in [5.74, 6) is 0.666. The predicted molar refractivity (Wildman–Crippen MR) is 84.7 cm³/mol. The maximum Gasteiger partial charge on any atom is 0.275 e. The number of benzene rings is 1. The van der Waals surface area contributed by atoms with Crippen molar-refractivity contribution in [2.45, 2.75) is 26.3 Å². The standard InChI is InChI=1S/C15H22ClN3O2/c1-2-18-7-5-12(6-8-18)10-17-11-13-3-4-14(16)9-15(13)19(20)21/h3-4,9,12,17H,2,5-8,10-11H2,1H3. The highest BCUT2D eigenvalue weighted by atomic mass is 35.5. The summed E-state index contributed by atoms with van der Waals surface area (Å²) in [7, 11) is 0. The second-order valence-corrected chi connectivity index (χ2v) is 5.98. The number of nitro groups is 1. The normalized spacial score (nSPS) is 17.0. The molecule has 21 heavy (non-hydrogen) atoms. The van der Waals surface area contributed by atoms with Crippen molar-refractivity contribution in [3.05, 3.63) is 38.9 Å². The van der Waals surface area contributed by atoms with E-state index in [-0.39, 0.29) is 10.6 Å². The van der Waals surface area contributed by atoms with Gasteiger partial charge in [-0.2, -0.15) is 0 Å². The Balaban J connectivity index is 1.83. The molecule has 1 fully saturated rings. The summed E-state index contributed by atoms with van der Waals surface area (Å²) in [5, 5.41) is 14.8. The molecule has 0 aliphatic carbocycles. The molecule has 1 saturated heterocycles. The van der Waals surface area contributed by atoms with E-state index in [0.29, 0.717) is 23.0 Å². The number of nitrogens with one attached hydrogen (secondary N) is 1. The van der Waals surface area contributed by atoms with Crippen LogP contribution in [0.1, 0.15) is 25.3 Å². The van der Waals surface area contributed by atoms with Gasteiger partial charge in [0.2, 0.25) is 0 Å². The zero-order valence-corrected chi connectivity index (χ0v) is 13.1. The van der Waals surface area contributed by atoms with Crippen LogP contribution in [0.5, 0.6) is 0 Å². The number of hydrogen-bond acceptors (Lipinski definition) is 4. The zero-order valence-electron chi connectivity index (χ0n) is 12.3. The van der Waals surface area contributed by atoms with Crippen LogP contribution in [0.4, 0.5) is 5.69 Å². The second-order valence-electron chi connectivity index (χ2n) is 5.54. The second kappa shape index (κ2) is 7.73. The average molecular weight is 312 g/mol. The molecule has 0 unspecified atom stereocenters. The van der Waals surface area contributed by atoms with Crippen LogP contribution in [0.15, 0.2) is 18.2 Å². The largest absolute Gasteiger partial charge is 0.312 e. The molecule has 1 N–H and O–H groups in total. The fourth-order valence-electron chi connectivity index (χ4n) is 2.77. The van der Waals surface area contributed by atoms with Crippen molar-refractivity contribution in [3.8, 4) is 0 Å². The van der Waals surface area contributed by atoms with Gasteiger partial charge < -0.3 is 10.2 Å². The first-order chi connectivity index (χ1) is 10.1. The number of nitro benzene ring substituents is 1. The molecule has 0 aromatic heterocycles. The quantitative estimate of drug-likeness (QED) is 0.648. The van der Waals surface area contributed by atoms with Crippen LogP contribution in [0.3, 0.4) is 0 Å². The van der Waals surface area contributed by atoms with Gasteiger partial charge >= 0.3 is 0 Å². The molecule has 2 rings (SSSR count). The summed E-state index contributed by atoms with van der Waals surface area (Å²) < 4.78 is 0. The molecule has 1 aromatic carbocycles.